The summed E-state index contributed by atoms with van der Waals surface area (Å²) in [7, 11) is 1.61. The van der Waals surface area contributed by atoms with Crippen LogP contribution in [0.4, 0.5) is 15.9 Å². The molecule has 4 aromatic rings. The number of likely N-dealkylation sites (N-methyl/N-ethyl adjacent to an activating group) is 1. The number of nitrogens with zero attached hydrogens (tertiary/aromatic N) is 4. The Bertz CT molecular complexity index is 2120. The SMILES string of the molecule is CC.CC(=O)c1ccc(C2CCN(C(C)/C(C)=C/c3c(-c4ccc(N)nc4)ccnc3C)CC2)cc1.CCCC(CCC)N(CCC)C(C)CC.CNC(=O)C(CCC(C)C)Nc1ccc(C)c(F)c1. The lowest BCUT2D eigenvalue weighted by Gasteiger charge is -2.37. The van der Waals surface area contributed by atoms with E-state index in [0.29, 0.717) is 34.9 Å². The van der Waals surface area contributed by atoms with Crippen molar-refractivity contribution in [2.24, 2.45) is 5.92 Å². The third-order valence-electron chi connectivity index (χ3n) is 13.6. The average molecular weight is 964 g/mol. The largest absolute Gasteiger partial charge is 0.384 e. The van der Waals surface area contributed by atoms with E-state index in [-0.39, 0.29) is 23.5 Å². The second kappa shape index (κ2) is 32.9. The molecular formula is C60H94FN7O2. The fourth-order valence-electron chi connectivity index (χ4n) is 9.05. The predicted molar refractivity (Wildman–Crippen MR) is 298 cm³/mol. The Morgan fingerprint density at radius 1 is 0.857 bits per heavy atom. The number of rotatable bonds is 21. The number of hydrogen-bond donors (Lipinski definition) is 3. The maximum atomic E-state index is 13.5. The molecule has 1 aliphatic heterocycles. The normalized spacial score (nSPS) is 14.4. The Balaban J connectivity index is 0.000000395. The zero-order chi connectivity index (χ0) is 52.3. The number of likely N-dealkylation sites (tertiary alicyclic amines) is 1. The Labute approximate surface area is 425 Å². The van der Waals surface area contributed by atoms with Gasteiger partial charge in [0, 0.05) is 65.6 Å². The van der Waals surface area contributed by atoms with Gasteiger partial charge in [-0.15, -0.1) is 0 Å². The summed E-state index contributed by atoms with van der Waals surface area (Å²) in [5, 5.41) is 5.74. The van der Waals surface area contributed by atoms with Gasteiger partial charge in [0.15, 0.2) is 5.78 Å². The molecule has 2 aromatic heterocycles. The number of nitrogen functional groups attached to an aromatic ring is 1. The number of hydrogen-bond acceptors (Lipinski definition) is 8. The van der Waals surface area contributed by atoms with Gasteiger partial charge in [-0.05, 0) is 171 Å². The van der Waals surface area contributed by atoms with E-state index in [4.69, 9.17) is 5.73 Å². The van der Waals surface area contributed by atoms with Gasteiger partial charge < -0.3 is 16.4 Å². The number of nitrogens with two attached hydrogens (primary N) is 1. The molecule has 10 heteroatoms. The number of aromatic nitrogens is 2. The number of carbonyl (C=O) groups excluding carboxylic acids is 2. The third-order valence-corrected chi connectivity index (χ3v) is 13.6. The molecule has 4 N–H and O–H groups in total. The summed E-state index contributed by atoms with van der Waals surface area (Å²) < 4.78 is 13.5. The van der Waals surface area contributed by atoms with Crippen molar-refractivity contribution >= 4 is 29.3 Å². The fourth-order valence-corrected chi connectivity index (χ4v) is 9.05. The molecule has 0 radical (unpaired) electrons. The van der Waals surface area contributed by atoms with E-state index < -0.39 is 0 Å². The van der Waals surface area contributed by atoms with Crippen molar-refractivity contribution in [1.82, 2.24) is 25.1 Å². The van der Waals surface area contributed by atoms with Crippen LogP contribution in [0.15, 0.2) is 78.6 Å². The van der Waals surface area contributed by atoms with Crippen LogP contribution in [0.25, 0.3) is 17.2 Å². The first kappa shape index (κ1) is 61.2. The van der Waals surface area contributed by atoms with Crippen LogP contribution >= 0.6 is 0 Å². The van der Waals surface area contributed by atoms with Crippen molar-refractivity contribution in [1.29, 1.82) is 0 Å². The van der Waals surface area contributed by atoms with E-state index >= 15 is 0 Å². The summed E-state index contributed by atoms with van der Waals surface area (Å²) in [6.07, 6.45) is 17.9. The first-order valence-corrected chi connectivity index (χ1v) is 26.7. The molecule has 0 saturated carbocycles. The first-order valence-electron chi connectivity index (χ1n) is 26.7. The smallest absolute Gasteiger partial charge is 0.242 e. The quantitative estimate of drug-likeness (QED) is 0.0707. The van der Waals surface area contributed by atoms with Gasteiger partial charge in [0.25, 0.3) is 0 Å². The maximum absolute atomic E-state index is 13.5. The number of ketones is 1. The lowest BCUT2D eigenvalue weighted by Crippen LogP contribution is -2.42. The van der Waals surface area contributed by atoms with Crippen LogP contribution in [0.5, 0.6) is 0 Å². The third kappa shape index (κ3) is 20.1. The van der Waals surface area contributed by atoms with Crippen LogP contribution < -0.4 is 16.4 Å². The summed E-state index contributed by atoms with van der Waals surface area (Å²) in [4.78, 5) is 37.5. The fraction of sp³-hybridized carbons (Fsp3) is 0.567. The van der Waals surface area contributed by atoms with E-state index in [9.17, 15) is 14.0 Å². The molecule has 3 heterocycles. The molecule has 2 aromatic carbocycles. The lowest BCUT2D eigenvalue weighted by molar-refractivity contribution is -0.121. The maximum Gasteiger partial charge on any atom is 0.242 e. The second-order valence-corrected chi connectivity index (χ2v) is 19.4. The molecule has 1 aliphatic rings. The summed E-state index contributed by atoms with van der Waals surface area (Å²) in [5.41, 5.74) is 14.8. The number of Topliss-reactive ketones (excluding diaryl/α,β-unsaturated/α-hetero) is 1. The number of anilines is 2. The van der Waals surface area contributed by atoms with E-state index in [1.165, 1.54) is 62.3 Å². The van der Waals surface area contributed by atoms with Crippen molar-refractivity contribution < 1.29 is 14.0 Å². The topological polar surface area (TPSA) is 116 Å². The Kier molecular flexibility index (Phi) is 28.7. The number of pyridine rings is 2. The second-order valence-electron chi connectivity index (χ2n) is 19.4. The number of halogens is 1. The Hall–Kier alpha value is -4.93. The van der Waals surface area contributed by atoms with Gasteiger partial charge in [0.2, 0.25) is 5.91 Å². The van der Waals surface area contributed by atoms with Crippen molar-refractivity contribution in [2.75, 3.05) is 37.7 Å². The highest BCUT2D eigenvalue weighted by Crippen LogP contribution is 2.32. The number of aryl methyl sites for hydroxylation is 2. The molecule has 3 unspecified atom stereocenters. The standard InChI is InChI=1S/C29H34N4O.C15H23FN2O.C14H31N.C2H6/c1-19(17-28-20(2)31-14-11-27(28)26-9-10-29(30)32-18-26)21(3)33-15-12-25(13-16-33)24-7-5-23(6-8-24)22(4)34;1-10(2)5-8-14(15(19)17-4)18-12-7-6-11(3)13(16)9-12;1-6-10-14(11-7-2)15(12-8-3)13(5)9-4;1-2/h5-11,14,17-18,21,25H,12-13,15-16H2,1-4H3,(H2,30,32);6-7,9-10,14,18H,5,8H2,1-4H3,(H,17,19);13-14H,6-12H2,1-5H3;1-2H3/b19-17+;;;. The van der Waals surface area contributed by atoms with Crippen LogP contribution in [0.2, 0.25) is 0 Å². The van der Waals surface area contributed by atoms with Crippen molar-refractivity contribution in [2.45, 2.75) is 191 Å². The van der Waals surface area contributed by atoms with Gasteiger partial charge >= 0.3 is 0 Å². The minimum absolute atomic E-state index is 0.0679. The molecule has 1 fully saturated rings. The number of nitrogens with one attached hydrogen (secondary N) is 2. The minimum Gasteiger partial charge on any atom is -0.384 e. The Morgan fingerprint density at radius 3 is 2.01 bits per heavy atom. The summed E-state index contributed by atoms with van der Waals surface area (Å²) in [6, 6.07) is 20.6. The van der Waals surface area contributed by atoms with Crippen LogP contribution in [0, 0.1) is 25.6 Å². The molecule has 3 atom stereocenters. The van der Waals surface area contributed by atoms with E-state index in [0.717, 1.165) is 78.8 Å². The minimum atomic E-state index is -0.325. The van der Waals surface area contributed by atoms with Gasteiger partial charge in [-0.25, -0.2) is 9.37 Å². The Morgan fingerprint density at radius 2 is 1.50 bits per heavy atom. The highest BCUT2D eigenvalue weighted by molar-refractivity contribution is 5.94. The van der Waals surface area contributed by atoms with Crippen LogP contribution in [-0.2, 0) is 4.79 Å². The summed E-state index contributed by atoms with van der Waals surface area (Å²) >= 11 is 0. The van der Waals surface area contributed by atoms with E-state index in [1.807, 2.05) is 56.6 Å². The van der Waals surface area contributed by atoms with Crippen LogP contribution in [0.1, 0.15) is 186 Å². The molecule has 9 nitrogen and oxygen atoms in total. The van der Waals surface area contributed by atoms with Crippen molar-refractivity contribution in [3.63, 3.8) is 0 Å². The van der Waals surface area contributed by atoms with Crippen LogP contribution in [0.3, 0.4) is 0 Å². The van der Waals surface area contributed by atoms with Gasteiger partial charge in [-0.1, -0.05) is 110 Å². The van der Waals surface area contributed by atoms with Crippen molar-refractivity contribution in [3.05, 3.63) is 112 Å². The molecule has 0 aliphatic carbocycles. The van der Waals surface area contributed by atoms with Gasteiger partial charge in [0.1, 0.15) is 17.7 Å². The van der Waals surface area contributed by atoms with Gasteiger partial charge in [-0.2, -0.15) is 0 Å². The number of amides is 1. The molecule has 1 amide bonds. The number of benzene rings is 2. The molecule has 0 bridgehead atoms. The number of piperidine rings is 1. The van der Waals surface area contributed by atoms with Gasteiger partial charge in [-0.3, -0.25) is 24.4 Å². The average Bonchev–Trinajstić information content (AvgIpc) is 3.36. The molecule has 0 spiro atoms. The molecule has 70 heavy (non-hydrogen) atoms. The summed E-state index contributed by atoms with van der Waals surface area (Å²) in [6.45, 7) is 33.1. The van der Waals surface area contributed by atoms with Crippen molar-refractivity contribution in [3.8, 4) is 11.1 Å². The highest BCUT2D eigenvalue weighted by atomic mass is 19.1. The monoisotopic (exact) mass is 964 g/mol. The molecular weight excluding hydrogens is 870 g/mol. The molecule has 1 saturated heterocycles. The van der Waals surface area contributed by atoms with E-state index in [1.54, 1.807) is 33.0 Å². The van der Waals surface area contributed by atoms with E-state index in [2.05, 4.69) is 118 Å². The molecule has 5 rings (SSSR count). The summed E-state index contributed by atoms with van der Waals surface area (Å²) in [5.74, 6) is 1.40. The first-order chi connectivity index (χ1) is 33.5. The predicted octanol–water partition coefficient (Wildman–Crippen LogP) is 14.5. The lowest BCUT2D eigenvalue weighted by atomic mass is 9.87. The zero-order valence-corrected chi connectivity index (χ0v) is 46.2. The van der Waals surface area contributed by atoms with Gasteiger partial charge in [0.05, 0.1) is 0 Å². The van der Waals surface area contributed by atoms with Crippen LogP contribution in [-0.4, -0.2) is 82.3 Å². The number of carbonyl (C=O) groups is 2. The highest BCUT2D eigenvalue weighted by Gasteiger charge is 2.25. The zero-order valence-electron chi connectivity index (χ0n) is 46.2. The molecule has 388 valence electrons.